The van der Waals surface area contributed by atoms with Crippen LogP contribution in [0.3, 0.4) is 0 Å². The highest BCUT2D eigenvalue weighted by Gasteiger charge is 2.09. The van der Waals surface area contributed by atoms with E-state index in [1.165, 1.54) is 25.2 Å². The SMILES string of the molecule is CN(CCN1CCNCC1)Cc1ccsc1. The monoisotopic (exact) mass is 239 g/mol. The molecule has 1 aliphatic heterocycles. The molecule has 0 atom stereocenters. The van der Waals surface area contributed by atoms with Crippen molar-refractivity contribution in [3.63, 3.8) is 0 Å². The lowest BCUT2D eigenvalue weighted by Crippen LogP contribution is -2.45. The van der Waals surface area contributed by atoms with Gasteiger partial charge in [0.15, 0.2) is 0 Å². The van der Waals surface area contributed by atoms with E-state index in [-0.39, 0.29) is 0 Å². The fourth-order valence-corrected chi connectivity index (χ4v) is 2.68. The van der Waals surface area contributed by atoms with Crippen LogP contribution in [0, 0.1) is 0 Å². The second-order valence-electron chi connectivity index (χ2n) is 4.46. The number of rotatable bonds is 5. The van der Waals surface area contributed by atoms with Gasteiger partial charge in [-0.25, -0.2) is 0 Å². The molecule has 1 aromatic rings. The first-order chi connectivity index (χ1) is 7.84. The van der Waals surface area contributed by atoms with Crippen molar-refractivity contribution in [2.45, 2.75) is 6.54 Å². The minimum atomic E-state index is 1.08. The summed E-state index contributed by atoms with van der Waals surface area (Å²) in [6.07, 6.45) is 0. The number of nitrogens with one attached hydrogen (secondary N) is 1. The second kappa shape index (κ2) is 6.35. The van der Waals surface area contributed by atoms with Crippen molar-refractivity contribution < 1.29 is 0 Å². The molecule has 2 heterocycles. The van der Waals surface area contributed by atoms with Crippen LogP contribution in [0.1, 0.15) is 5.56 Å². The molecule has 16 heavy (non-hydrogen) atoms. The molecule has 0 spiro atoms. The summed E-state index contributed by atoms with van der Waals surface area (Å²) in [4.78, 5) is 4.95. The van der Waals surface area contributed by atoms with Crippen LogP contribution in [0.2, 0.25) is 0 Å². The van der Waals surface area contributed by atoms with Crippen LogP contribution in [0.5, 0.6) is 0 Å². The highest BCUT2D eigenvalue weighted by molar-refractivity contribution is 7.07. The molecule has 0 radical (unpaired) electrons. The van der Waals surface area contributed by atoms with Crippen molar-refractivity contribution in [1.82, 2.24) is 15.1 Å². The Morgan fingerprint density at radius 3 is 2.94 bits per heavy atom. The van der Waals surface area contributed by atoms with E-state index in [2.05, 4.69) is 39.0 Å². The van der Waals surface area contributed by atoms with Crippen LogP contribution in [0.25, 0.3) is 0 Å². The molecule has 0 bridgehead atoms. The quantitative estimate of drug-likeness (QED) is 0.830. The molecule has 1 fully saturated rings. The van der Waals surface area contributed by atoms with E-state index < -0.39 is 0 Å². The topological polar surface area (TPSA) is 18.5 Å². The van der Waals surface area contributed by atoms with Gasteiger partial charge in [-0.05, 0) is 29.4 Å². The molecule has 1 aromatic heterocycles. The van der Waals surface area contributed by atoms with E-state index in [1.807, 2.05) is 0 Å². The predicted octanol–water partition coefficient (Wildman–Crippen LogP) is 1.09. The van der Waals surface area contributed by atoms with E-state index in [0.29, 0.717) is 0 Å². The average molecular weight is 239 g/mol. The summed E-state index contributed by atoms with van der Waals surface area (Å²) in [5, 5.41) is 7.77. The molecular formula is C12H21N3S. The Morgan fingerprint density at radius 2 is 2.25 bits per heavy atom. The number of nitrogens with zero attached hydrogens (tertiary/aromatic N) is 2. The number of piperazine rings is 1. The van der Waals surface area contributed by atoms with Gasteiger partial charge in [0.05, 0.1) is 0 Å². The third kappa shape index (κ3) is 3.87. The van der Waals surface area contributed by atoms with E-state index in [4.69, 9.17) is 0 Å². The summed E-state index contributed by atoms with van der Waals surface area (Å²) in [6, 6.07) is 2.21. The van der Waals surface area contributed by atoms with Crippen LogP contribution in [-0.2, 0) is 6.54 Å². The van der Waals surface area contributed by atoms with Crippen LogP contribution < -0.4 is 5.32 Å². The molecule has 0 unspecified atom stereocenters. The van der Waals surface area contributed by atoms with E-state index >= 15 is 0 Å². The molecule has 90 valence electrons. The van der Waals surface area contributed by atoms with E-state index in [9.17, 15) is 0 Å². The normalized spacial score (nSPS) is 18.1. The first kappa shape index (κ1) is 12.0. The van der Waals surface area contributed by atoms with Crippen LogP contribution in [-0.4, -0.2) is 56.1 Å². The predicted molar refractivity (Wildman–Crippen MR) is 70.0 cm³/mol. The van der Waals surface area contributed by atoms with Gasteiger partial charge in [0.1, 0.15) is 0 Å². The van der Waals surface area contributed by atoms with Crippen molar-refractivity contribution in [3.8, 4) is 0 Å². The first-order valence-corrected chi connectivity index (χ1v) is 6.91. The molecular weight excluding hydrogens is 218 g/mol. The van der Waals surface area contributed by atoms with Crippen LogP contribution in [0.4, 0.5) is 0 Å². The van der Waals surface area contributed by atoms with Gasteiger partial charge in [-0.2, -0.15) is 11.3 Å². The molecule has 0 aromatic carbocycles. The van der Waals surface area contributed by atoms with Gasteiger partial charge >= 0.3 is 0 Å². The number of hydrogen-bond donors (Lipinski definition) is 1. The van der Waals surface area contributed by atoms with Crippen LogP contribution in [0.15, 0.2) is 16.8 Å². The number of hydrogen-bond acceptors (Lipinski definition) is 4. The highest BCUT2D eigenvalue weighted by atomic mass is 32.1. The van der Waals surface area contributed by atoms with Gasteiger partial charge < -0.3 is 10.2 Å². The molecule has 1 N–H and O–H groups in total. The van der Waals surface area contributed by atoms with E-state index in [0.717, 1.165) is 26.2 Å². The van der Waals surface area contributed by atoms with Crippen LogP contribution >= 0.6 is 11.3 Å². The molecule has 3 nitrogen and oxygen atoms in total. The van der Waals surface area contributed by atoms with Gasteiger partial charge in [0.2, 0.25) is 0 Å². The average Bonchev–Trinajstić information content (AvgIpc) is 2.81. The summed E-state index contributed by atoms with van der Waals surface area (Å²) in [7, 11) is 2.21. The summed E-state index contributed by atoms with van der Waals surface area (Å²) in [6.45, 7) is 8.13. The molecule has 1 aliphatic rings. The van der Waals surface area contributed by atoms with Gasteiger partial charge in [0, 0.05) is 45.8 Å². The smallest absolute Gasteiger partial charge is 0.0239 e. The number of likely N-dealkylation sites (N-methyl/N-ethyl adjacent to an activating group) is 1. The minimum absolute atomic E-state index is 1.08. The Balaban J connectivity index is 1.65. The third-order valence-corrected chi connectivity index (χ3v) is 3.77. The molecule has 1 saturated heterocycles. The lowest BCUT2D eigenvalue weighted by molar-refractivity contribution is 0.202. The Labute approximate surface area is 102 Å². The number of thiophene rings is 1. The molecule has 2 rings (SSSR count). The zero-order valence-electron chi connectivity index (χ0n) is 9.98. The zero-order valence-corrected chi connectivity index (χ0v) is 10.8. The van der Waals surface area contributed by atoms with Crippen molar-refractivity contribution >= 4 is 11.3 Å². The largest absolute Gasteiger partial charge is 0.314 e. The fraction of sp³-hybridized carbons (Fsp3) is 0.667. The summed E-state index contributed by atoms with van der Waals surface area (Å²) < 4.78 is 0. The summed E-state index contributed by atoms with van der Waals surface area (Å²) >= 11 is 1.78. The first-order valence-electron chi connectivity index (χ1n) is 5.97. The lowest BCUT2D eigenvalue weighted by atomic mass is 10.3. The Kier molecular flexibility index (Phi) is 4.78. The zero-order chi connectivity index (χ0) is 11.2. The van der Waals surface area contributed by atoms with Gasteiger partial charge in [0.25, 0.3) is 0 Å². The van der Waals surface area contributed by atoms with Crippen molar-refractivity contribution in [2.75, 3.05) is 46.3 Å². The molecule has 4 heteroatoms. The molecule has 0 saturated carbocycles. The standard InChI is InChI=1S/C12H21N3S/c1-14(10-12-2-9-16-11-12)7-8-15-5-3-13-4-6-15/h2,9,11,13H,3-8,10H2,1H3. The molecule has 0 amide bonds. The Hall–Kier alpha value is -0.420. The molecule has 0 aliphatic carbocycles. The Bertz CT molecular complexity index is 280. The van der Waals surface area contributed by atoms with Gasteiger partial charge in [-0.3, -0.25) is 4.90 Å². The second-order valence-corrected chi connectivity index (χ2v) is 5.24. The van der Waals surface area contributed by atoms with Crippen molar-refractivity contribution in [3.05, 3.63) is 22.4 Å². The highest BCUT2D eigenvalue weighted by Crippen LogP contribution is 2.08. The minimum Gasteiger partial charge on any atom is -0.314 e. The van der Waals surface area contributed by atoms with E-state index in [1.54, 1.807) is 11.3 Å². The Morgan fingerprint density at radius 1 is 1.44 bits per heavy atom. The summed E-state index contributed by atoms with van der Waals surface area (Å²) in [5.74, 6) is 0. The maximum absolute atomic E-state index is 3.38. The van der Waals surface area contributed by atoms with Gasteiger partial charge in [-0.1, -0.05) is 0 Å². The summed E-state index contributed by atoms with van der Waals surface area (Å²) in [5.41, 5.74) is 1.44. The van der Waals surface area contributed by atoms with Crippen molar-refractivity contribution in [2.24, 2.45) is 0 Å². The fourth-order valence-electron chi connectivity index (χ4n) is 2.02. The third-order valence-electron chi connectivity index (χ3n) is 3.04. The lowest BCUT2D eigenvalue weighted by Gasteiger charge is -2.29. The maximum Gasteiger partial charge on any atom is 0.0239 e. The van der Waals surface area contributed by atoms with Gasteiger partial charge in [-0.15, -0.1) is 0 Å². The van der Waals surface area contributed by atoms with Crippen molar-refractivity contribution in [1.29, 1.82) is 0 Å². The maximum atomic E-state index is 3.38.